The average molecular weight is 275 g/mol. The van der Waals surface area contributed by atoms with Crippen LogP contribution in [0.25, 0.3) is 0 Å². The first-order chi connectivity index (χ1) is 9.15. The van der Waals surface area contributed by atoms with E-state index in [4.69, 9.17) is 11.6 Å². The smallest absolute Gasteiger partial charge is 0.123 e. The molecule has 19 heavy (non-hydrogen) atoms. The predicted molar refractivity (Wildman–Crippen MR) is 76.9 cm³/mol. The number of fused-ring (bicyclic) bond motifs is 1. The summed E-state index contributed by atoms with van der Waals surface area (Å²) in [7, 11) is 0. The zero-order valence-corrected chi connectivity index (χ0v) is 11.2. The number of aliphatic imine (C=N–C) groups is 1. The van der Waals surface area contributed by atoms with Crippen LogP contribution in [-0.4, -0.2) is 6.34 Å². The maximum atomic E-state index is 13.3. The molecule has 0 aromatic heterocycles. The Morgan fingerprint density at radius 2 is 2.11 bits per heavy atom. The molecule has 3 rings (SSSR count). The molecule has 4 heteroatoms. The third-order valence-electron chi connectivity index (χ3n) is 3.27. The summed E-state index contributed by atoms with van der Waals surface area (Å²) in [6.07, 6.45) is 1.76. The molecule has 2 aromatic carbocycles. The molecule has 0 saturated carbocycles. The predicted octanol–water partition coefficient (Wildman–Crippen LogP) is 4.47. The highest BCUT2D eigenvalue weighted by molar-refractivity contribution is 6.31. The lowest BCUT2D eigenvalue weighted by molar-refractivity contribution is 0.625. The Labute approximate surface area is 116 Å². The SMILES string of the molecule is Cc1c(Cl)cccc1N1C=Nc2ccc(F)cc2C1. The molecule has 1 aliphatic heterocycles. The normalized spacial score (nSPS) is 13.5. The second-order valence-corrected chi connectivity index (χ2v) is 4.94. The fraction of sp³-hybridized carbons (Fsp3) is 0.133. The number of nitrogens with zero attached hydrogens (tertiary/aromatic N) is 2. The van der Waals surface area contributed by atoms with Crippen LogP contribution in [0.2, 0.25) is 5.02 Å². The van der Waals surface area contributed by atoms with Crippen LogP contribution < -0.4 is 4.90 Å². The van der Waals surface area contributed by atoms with Gasteiger partial charge in [-0.2, -0.15) is 0 Å². The lowest BCUT2D eigenvalue weighted by atomic mass is 10.1. The summed E-state index contributed by atoms with van der Waals surface area (Å²) in [6, 6.07) is 10.4. The second kappa shape index (κ2) is 4.67. The zero-order chi connectivity index (χ0) is 13.4. The molecule has 0 spiro atoms. The zero-order valence-electron chi connectivity index (χ0n) is 10.4. The molecule has 0 unspecified atom stereocenters. The van der Waals surface area contributed by atoms with Crippen molar-refractivity contribution in [3.63, 3.8) is 0 Å². The maximum absolute atomic E-state index is 13.3. The summed E-state index contributed by atoms with van der Waals surface area (Å²) in [5.41, 5.74) is 3.68. The van der Waals surface area contributed by atoms with Crippen molar-refractivity contribution in [1.82, 2.24) is 0 Å². The molecule has 1 aliphatic rings. The molecule has 0 atom stereocenters. The lowest BCUT2D eigenvalue weighted by Gasteiger charge is -2.26. The number of benzene rings is 2. The first kappa shape index (κ1) is 12.2. The maximum Gasteiger partial charge on any atom is 0.123 e. The summed E-state index contributed by atoms with van der Waals surface area (Å²) in [6.45, 7) is 2.56. The highest BCUT2D eigenvalue weighted by Crippen LogP contribution is 2.31. The Balaban J connectivity index is 2.00. The minimum Gasteiger partial charge on any atom is -0.328 e. The number of hydrogen-bond donors (Lipinski definition) is 0. The van der Waals surface area contributed by atoms with Gasteiger partial charge in [-0.3, -0.25) is 0 Å². The molecule has 2 aromatic rings. The van der Waals surface area contributed by atoms with E-state index in [2.05, 4.69) is 4.99 Å². The van der Waals surface area contributed by atoms with Crippen LogP contribution >= 0.6 is 11.6 Å². The van der Waals surface area contributed by atoms with Gasteiger partial charge in [0.25, 0.3) is 0 Å². The Hall–Kier alpha value is -1.87. The first-order valence-electron chi connectivity index (χ1n) is 5.99. The van der Waals surface area contributed by atoms with Gasteiger partial charge in [0.2, 0.25) is 0 Å². The third-order valence-corrected chi connectivity index (χ3v) is 3.68. The number of anilines is 1. The Morgan fingerprint density at radius 3 is 2.95 bits per heavy atom. The van der Waals surface area contributed by atoms with Gasteiger partial charge in [-0.15, -0.1) is 0 Å². The van der Waals surface area contributed by atoms with E-state index >= 15 is 0 Å². The van der Waals surface area contributed by atoms with E-state index in [9.17, 15) is 4.39 Å². The molecule has 0 bridgehead atoms. The first-order valence-corrected chi connectivity index (χ1v) is 6.37. The highest BCUT2D eigenvalue weighted by Gasteiger charge is 2.16. The van der Waals surface area contributed by atoms with Crippen LogP contribution in [0.4, 0.5) is 15.8 Å². The lowest BCUT2D eigenvalue weighted by Crippen LogP contribution is -2.24. The molecule has 0 saturated heterocycles. The van der Waals surface area contributed by atoms with Gasteiger partial charge in [-0.1, -0.05) is 17.7 Å². The van der Waals surface area contributed by atoms with Crippen molar-refractivity contribution < 1.29 is 4.39 Å². The summed E-state index contributed by atoms with van der Waals surface area (Å²) in [5.74, 6) is -0.237. The van der Waals surface area contributed by atoms with E-state index in [1.165, 1.54) is 12.1 Å². The monoisotopic (exact) mass is 274 g/mol. The molecule has 0 amide bonds. The molecule has 96 valence electrons. The van der Waals surface area contributed by atoms with Gasteiger partial charge in [0.05, 0.1) is 18.6 Å². The molecular weight excluding hydrogens is 263 g/mol. The van der Waals surface area contributed by atoms with E-state index in [-0.39, 0.29) is 5.82 Å². The van der Waals surface area contributed by atoms with Crippen LogP contribution in [-0.2, 0) is 6.54 Å². The van der Waals surface area contributed by atoms with Gasteiger partial charge in [-0.05, 0) is 42.8 Å². The summed E-state index contributed by atoms with van der Waals surface area (Å²) >= 11 is 6.13. The summed E-state index contributed by atoms with van der Waals surface area (Å²) < 4.78 is 13.3. The van der Waals surface area contributed by atoms with Gasteiger partial charge in [0, 0.05) is 16.3 Å². The van der Waals surface area contributed by atoms with Crippen LogP contribution in [0, 0.1) is 12.7 Å². The quantitative estimate of drug-likeness (QED) is 0.749. The summed E-state index contributed by atoms with van der Waals surface area (Å²) in [5, 5.41) is 0.718. The third kappa shape index (κ3) is 2.22. The molecule has 1 heterocycles. The number of rotatable bonds is 1. The van der Waals surface area contributed by atoms with Crippen molar-refractivity contribution in [2.45, 2.75) is 13.5 Å². The van der Waals surface area contributed by atoms with Gasteiger partial charge in [-0.25, -0.2) is 9.38 Å². The van der Waals surface area contributed by atoms with E-state index in [1.54, 1.807) is 12.4 Å². The van der Waals surface area contributed by atoms with Crippen LogP contribution in [0.5, 0.6) is 0 Å². The fourth-order valence-corrected chi connectivity index (χ4v) is 2.39. The molecule has 0 fully saturated rings. The number of hydrogen-bond acceptors (Lipinski definition) is 2. The Morgan fingerprint density at radius 1 is 1.26 bits per heavy atom. The largest absolute Gasteiger partial charge is 0.328 e. The van der Waals surface area contributed by atoms with E-state index < -0.39 is 0 Å². The van der Waals surface area contributed by atoms with E-state index in [1.807, 2.05) is 30.0 Å². The van der Waals surface area contributed by atoms with Gasteiger partial charge < -0.3 is 4.90 Å². The second-order valence-electron chi connectivity index (χ2n) is 4.53. The van der Waals surface area contributed by atoms with Crippen molar-refractivity contribution >= 4 is 29.3 Å². The molecule has 0 N–H and O–H groups in total. The van der Waals surface area contributed by atoms with Crippen molar-refractivity contribution in [2.24, 2.45) is 4.99 Å². The molecular formula is C15H12ClFN2. The molecule has 0 aliphatic carbocycles. The van der Waals surface area contributed by atoms with Crippen molar-refractivity contribution in [3.05, 3.63) is 58.4 Å². The van der Waals surface area contributed by atoms with E-state index in [0.717, 1.165) is 27.5 Å². The summed E-state index contributed by atoms with van der Waals surface area (Å²) in [4.78, 5) is 6.33. The highest BCUT2D eigenvalue weighted by atomic mass is 35.5. The van der Waals surface area contributed by atoms with Crippen molar-refractivity contribution in [3.8, 4) is 0 Å². The standard InChI is InChI=1S/C15H12ClFN2/c1-10-13(16)3-2-4-15(10)19-8-11-7-12(17)5-6-14(11)18-9-19/h2-7,9H,8H2,1H3. The van der Waals surface area contributed by atoms with E-state index in [0.29, 0.717) is 6.54 Å². The molecule has 0 radical (unpaired) electrons. The topological polar surface area (TPSA) is 15.6 Å². The minimum absolute atomic E-state index is 0.237. The number of halogens is 2. The average Bonchev–Trinajstić information content (AvgIpc) is 2.41. The Kier molecular flexibility index (Phi) is 2.99. The van der Waals surface area contributed by atoms with Crippen LogP contribution in [0.15, 0.2) is 41.4 Å². The van der Waals surface area contributed by atoms with Crippen LogP contribution in [0.3, 0.4) is 0 Å². The van der Waals surface area contributed by atoms with Crippen molar-refractivity contribution in [2.75, 3.05) is 4.90 Å². The van der Waals surface area contributed by atoms with Crippen molar-refractivity contribution in [1.29, 1.82) is 0 Å². The minimum atomic E-state index is -0.237. The van der Waals surface area contributed by atoms with Crippen LogP contribution in [0.1, 0.15) is 11.1 Å². The fourth-order valence-electron chi connectivity index (χ4n) is 2.22. The Bertz CT molecular complexity index is 667. The molecule has 2 nitrogen and oxygen atoms in total. The van der Waals surface area contributed by atoms with Gasteiger partial charge in [0.1, 0.15) is 5.82 Å². The van der Waals surface area contributed by atoms with Gasteiger partial charge >= 0.3 is 0 Å². The van der Waals surface area contributed by atoms with Gasteiger partial charge in [0.15, 0.2) is 0 Å².